The largest absolute Gasteiger partial charge is 0.375 e. The van der Waals surface area contributed by atoms with Crippen LogP contribution < -0.4 is 0 Å². The van der Waals surface area contributed by atoms with Crippen LogP contribution in [0.5, 0.6) is 0 Å². The number of carbonyl (C=O) groups excluding carboxylic acids is 1. The van der Waals surface area contributed by atoms with Crippen molar-refractivity contribution in [2.75, 3.05) is 13.1 Å². The van der Waals surface area contributed by atoms with E-state index < -0.39 is 5.60 Å². The van der Waals surface area contributed by atoms with Crippen molar-refractivity contribution in [1.82, 2.24) is 4.90 Å². The van der Waals surface area contributed by atoms with Gasteiger partial charge in [0.15, 0.2) is 5.60 Å². The third kappa shape index (κ3) is 3.65. The molecular formula is C18H27NO2. The Morgan fingerprint density at radius 2 is 1.86 bits per heavy atom. The summed E-state index contributed by atoms with van der Waals surface area (Å²) in [4.78, 5) is 14.8. The van der Waals surface area contributed by atoms with Crippen molar-refractivity contribution < 1.29 is 9.90 Å². The van der Waals surface area contributed by atoms with Crippen LogP contribution in [0.4, 0.5) is 0 Å². The Bertz CT molecular complexity index is 463. The molecule has 0 spiro atoms. The zero-order chi connectivity index (χ0) is 15.5. The number of piperidine rings is 1. The van der Waals surface area contributed by atoms with Crippen LogP contribution in [-0.2, 0) is 10.4 Å². The van der Waals surface area contributed by atoms with E-state index in [1.807, 2.05) is 49.1 Å². The van der Waals surface area contributed by atoms with Crippen molar-refractivity contribution in [3.05, 3.63) is 35.9 Å². The summed E-state index contributed by atoms with van der Waals surface area (Å²) >= 11 is 0. The number of carbonyl (C=O) groups is 1. The number of benzene rings is 1. The first-order valence-corrected chi connectivity index (χ1v) is 8.00. The summed E-state index contributed by atoms with van der Waals surface area (Å²) in [6, 6.07) is 9.38. The molecule has 116 valence electrons. The second kappa shape index (κ2) is 6.61. The number of amides is 1. The highest BCUT2D eigenvalue weighted by molar-refractivity contribution is 5.86. The first-order valence-electron chi connectivity index (χ1n) is 8.00. The Morgan fingerprint density at radius 3 is 2.38 bits per heavy atom. The molecule has 1 aromatic carbocycles. The lowest BCUT2D eigenvalue weighted by Gasteiger charge is -2.38. The van der Waals surface area contributed by atoms with Crippen LogP contribution in [0.15, 0.2) is 30.3 Å². The predicted molar refractivity (Wildman–Crippen MR) is 84.8 cm³/mol. The third-order valence-corrected chi connectivity index (χ3v) is 4.38. The van der Waals surface area contributed by atoms with Gasteiger partial charge >= 0.3 is 0 Å². The smallest absolute Gasteiger partial charge is 0.259 e. The summed E-state index contributed by atoms with van der Waals surface area (Å²) < 4.78 is 0. The molecular weight excluding hydrogens is 262 g/mol. The molecule has 1 aliphatic rings. The number of nitrogens with zero attached hydrogens (tertiary/aromatic N) is 1. The molecule has 1 saturated heterocycles. The number of aliphatic hydroxyl groups is 1. The van der Waals surface area contributed by atoms with E-state index in [1.54, 1.807) is 0 Å². The number of likely N-dealkylation sites (tertiary alicyclic amines) is 1. The molecule has 3 nitrogen and oxygen atoms in total. The molecule has 1 fully saturated rings. The molecule has 1 aromatic rings. The zero-order valence-electron chi connectivity index (χ0n) is 13.4. The summed E-state index contributed by atoms with van der Waals surface area (Å²) in [6.45, 7) is 7.82. The summed E-state index contributed by atoms with van der Waals surface area (Å²) in [6.07, 6.45) is 2.51. The van der Waals surface area contributed by atoms with Crippen molar-refractivity contribution in [2.24, 2.45) is 11.8 Å². The molecule has 0 aliphatic carbocycles. The van der Waals surface area contributed by atoms with Crippen LogP contribution in [0.3, 0.4) is 0 Å². The lowest BCUT2D eigenvalue weighted by atomic mass is 9.83. The van der Waals surface area contributed by atoms with Gasteiger partial charge < -0.3 is 10.0 Å². The Balaban J connectivity index is 2.25. The van der Waals surface area contributed by atoms with Crippen molar-refractivity contribution in [3.63, 3.8) is 0 Å². The first-order chi connectivity index (χ1) is 9.93. The standard InChI is InChI=1S/C18H27NO2/c1-14(2)13-18(21,16-7-5-4-6-8-16)17(20)19-11-9-15(3)10-12-19/h4-8,14-15,21H,9-13H2,1-3H3. The van der Waals surface area contributed by atoms with Gasteiger partial charge in [0.1, 0.15) is 0 Å². The van der Waals surface area contributed by atoms with Crippen molar-refractivity contribution in [1.29, 1.82) is 0 Å². The van der Waals surface area contributed by atoms with Crippen LogP contribution in [0.2, 0.25) is 0 Å². The monoisotopic (exact) mass is 289 g/mol. The molecule has 1 N–H and O–H groups in total. The van der Waals surface area contributed by atoms with Gasteiger partial charge in [-0.2, -0.15) is 0 Å². The highest BCUT2D eigenvalue weighted by Gasteiger charge is 2.41. The third-order valence-electron chi connectivity index (χ3n) is 4.38. The van der Waals surface area contributed by atoms with Gasteiger partial charge in [0.05, 0.1) is 0 Å². The Hall–Kier alpha value is -1.35. The summed E-state index contributed by atoms with van der Waals surface area (Å²) in [5, 5.41) is 11.1. The Morgan fingerprint density at radius 1 is 1.29 bits per heavy atom. The molecule has 1 unspecified atom stereocenters. The molecule has 1 amide bonds. The maximum atomic E-state index is 12.9. The molecule has 3 heteroatoms. The van der Waals surface area contributed by atoms with Gasteiger partial charge in [-0.3, -0.25) is 4.79 Å². The van der Waals surface area contributed by atoms with Crippen LogP contribution in [0.25, 0.3) is 0 Å². The van der Waals surface area contributed by atoms with Crippen molar-refractivity contribution >= 4 is 5.91 Å². The number of hydrogen-bond donors (Lipinski definition) is 1. The van der Waals surface area contributed by atoms with Gasteiger partial charge in [0.2, 0.25) is 0 Å². The van der Waals surface area contributed by atoms with Crippen LogP contribution in [-0.4, -0.2) is 29.0 Å². The van der Waals surface area contributed by atoms with Gasteiger partial charge in [-0.1, -0.05) is 51.1 Å². The van der Waals surface area contributed by atoms with E-state index in [1.165, 1.54) is 0 Å². The lowest BCUT2D eigenvalue weighted by molar-refractivity contribution is -0.156. The van der Waals surface area contributed by atoms with E-state index >= 15 is 0 Å². The molecule has 0 saturated carbocycles. The SMILES string of the molecule is CC(C)CC(O)(C(=O)N1CCC(C)CC1)c1ccccc1. The first kappa shape index (κ1) is 16.0. The van der Waals surface area contributed by atoms with Gasteiger partial charge in [-0.15, -0.1) is 0 Å². The highest BCUT2D eigenvalue weighted by Crippen LogP contribution is 2.32. The fourth-order valence-electron chi connectivity index (χ4n) is 3.11. The van der Waals surface area contributed by atoms with Gasteiger partial charge in [-0.25, -0.2) is 0 Å². The van der Waals surface area contributed by atoms with E-state index in [4.69, 9.17) is 0 Å². The normalized spacial score (nSPS) is 19.6. The quantitative estimate of drug-likeness (QED) is 0.925. The highest BCUT2D eigenvalue weighted by atomic mass is 16.3. The fraction of sp³-hybridized carbons (Fsp3) is 0.611. The summed E-state index contributed by atoms with van der Waals surface area (Å²) in [5.74, 6) is 0.793. The average Bonchev–Trinajstić information content (AvgIpc) is 2.47. The van der Waals surface area contributed by atoms with Gasteiger partial charge in [-0.05, 0) is 36.7 Å². The number of hydrogen-bond acceptors (Lipinski definition) is 2. The molecule has 0 bridgehead atoms. The molecule has 0 radical (unpaired) electrons. The number of rotatable bonds is 4. The average molecular weight is 289 g/mol. The van der Waals surface area contributed by atoms with E-state index in [-0.39, 0.29) is 11.8 Å². The molecule has 0 aromatic heterocycles. The molecule has 1 atom stereocenters. The zero-order valence-corrected chi connectivity index (χ0v) is 13.4. The second-order valence-corrected chi connectivity index (χ2v) is 6.80. The Kier molecular flexibility index (Phi) is 5.04. The molecule has 1 heterocycles. The molecule has 1 aliphatic heterocycles. The van der Waals surface area contributed by atoms with E-state index in [9.17, 15) is 9.90 Å². The fourth-order valence-corrected chi connectivity index (χ4v) is 3.11. The van der Waals surface area contributed by atoms with E-state index in [0.29, 0.717) is 17.9 Å². The van der Waals surface area contributed by atoms with Crippen molar-refractivity contribution in [2.45, 2.75) is 45.6 Å². The minimum absolute atomic E-state index is 0.130. The van der Waals surface area contributed by atoms with E-state index in [2.05, 4.69) is 6.92 Å². The van der Waals surface area contributed by atoms with E-state index in [0.717, 1.165) is 25.9 Å². The molecule has 2 rings (SSSR count). The summed E-state index contributed by atoms with van der Waals surface area (Å²) in [7, 11) is 0. The Labute approximate surface area is 128 Å². The van der Waals surface area contributed by atoms with Crippen LogP contribution in [0, 0.1) is 11.8 Å². The predicted octanol–water partition coefficient (Wildman–Crippen LogP) is 3.18. The van der Waals surface area contributed by atoms with Crippen LogP contribution in [0.1, 0.15) is 45.6 Å². The van der Waals surface area contributed by atoms with Crippen molar-refractivity contribution in [3.8, 4) is 0 Å². The second-order valence-electron chi connectivity index (χ2n) is 6.80. The van der Waals surface area contributed by atoms with Gasteiger partial charge in [0, 0.05) is 13.1 Å². The lowest BCUT2D eigenvalue weighted by Crippen LogP contribution is -2.50. The maximum absolute atomic E-state index is 12.9. The topological polar surface area (TPSA) is 40.5 Å². The van der Waals surface area contributed by atoms with Gasteiger partial charge in [0.25, 0.3) is 5.91 Å². The molecule has 21 heavy (non-hydrogen) atoms. The minimum atomic E-state index is -1.39. The summed E-state index contributed by atoms with van der Waals surface area (Å²) in [5.41, 5.74) is -0.682. The minimum Gasteiger partial charge on any atom is -0.375 e. The maximum Gasteiger partial charge on any atom is 0.259 e. The van der Waals surface area contributed by atoms with Crippen LogP contribution >= 0.6 is 0 Å².